The van der Waals surface area contributed by atoms with Crippen molar-refractivity contribution in [3.8, 4) is 0 Å². The van der Waals surface area contributed by atoms with E-state index < -0.39 is 0 Å². The molecular formula is C15H24N4O. The first kappa shape index (κ1) is 13.8. The summed E-state index contributed by atoms with van der Waals surface area (Å²) < 4.78 is 5.40. The third-order valence-corrected chi connectivity index (χ3v) is 4.31. The summed E-state index contributed by atoms with van der Waals surface area (Å²) in [4.78, 5) is 11.2. The molecule has 0 unspecified atom stereocenters. The van der Waals surface area contributed by atoms with Gasteiger partial charge in [-0.3, -0.25) is 4.90 Å². The normalized spacial score (nSPS) is 27.4. The Morgan fingerprint density at radius 3 is 2.70 bits per heavy atom. The Kier molecular flexibility index (Phi) is 4.17. The van der Waals surface area contributed by atoms with Crippen LogP contribution in [-0.4, -0.2) is 53.3 Å². The minimum atomic E-state index is 0.445. The van der Waals surface area contributed by atoms with E-state index in [-0.39, 0.29) is 0 Å². The van der Waals surface area contributed by atoms with E-state index in [1.54, 1.807) is 6.33 Å². The smallest absolute Gasteiger partial charge is 0.129 e. The molecule has 5 heteroatoms. The molecule has 1 N–H and O–H groups in total. The molecule has 1 aliphatic carbocycles. The average molecular weight is 276 g/mol. The van der Waals surface area contributed by atoms with Crippen LogP contribution in [0.1, 0.15) is 38.3 Å². The highest BCUT2D eigenvalue weighted by Crippen LogP contribution is 2.29. The summed E-state index contributed by atoms with van der Waals surface area (Å²) in [5.74, 6) is 1.41. The standard InChI is InChI=1S/C15H24N4O/c1-11(2)14-9-15(17-10-16-14)18-12-7-13(8-12)19-3-5-20-6-4-19/h9-13H,3-8H2,1-2H3,(H,16,17,18)/t12-,13+. The van der Waals surface area contributed by atoms with Crippen molar-refractivity contribution in [1.29, 1.82) is 0 Å². The van der Waals surface area contributed by atoms with Crippen LogP contribution in [-0.2, 0) is 4.74 Å². The Bertz CT molecular complexity index is 439. The molecular weight excluding hydrogens is 252 g/mol. The summed E-state index contributed by atoms with van der Waals surface area (Å²) in [5.41, 5.74) is 1.10. The quantitative estimate of drug-likeness (QED) is 0.910. The highest BCUT2D eigenvalue weighted by Gasteiger charge is 2.34. The number of rotatable bonds is 4. The number of anilines is 1. The minimum Gasteiger partial charge on any atom is -0.379 e. The lowest BCUT2D eigenvalue weighted by molar-refractivity contribution is -0.00439. The fourth-order valence-electron chi connectivity index (χ4n) is 2.92. The molecule has 1 aromatic rings. The second-order valence-electron chi connectivity index (χ2n) is 6.10. The van der Waals surface area contributed by atoms with Gasteiger partial charge in [0.25, 0.3) is 0 Å². The predicted molar refractivity (Wildman–Crippen MR) is 78.9 cm³/mol. The van der Waals surface area contributed by atoms with Crippen molar-refractivity contribution in [1.82, 2.24) is 14.9 Å². The summed E-state index contributed by atoms with van der Waals surface area (Å²) in [6, 6.07) is 3.35. The van der Waals surface area contributed by atoms with Crippen LogP contribution in [0.4, 0.5) is 5.82 Å². The summed E-state index contributed by atoms with van der Waals surface area (Å²) in [5, 5.41) is 3.53. The molecule has 20 heavy (non-hydrogen) atoms. The van der Waals surface area contributed by atoms with Gasteiger partial charge in [0, 0.05) is 36.9 Å². The molecule has 110 valence electrons. The first-order chi connectivity index (χ1) is 9.72. The summed E-state index contributed by atoms with van der Waals surface area (Å²) in [7, 11) is 0. The molecule has 1 saturated heterocycles. The molecule has 3 rings (SSSR count). The van der Waals surface area contributed by atoms with Gasteiger partial charge in [-0.25, -0.2) is 9.97 Å². The van der Waals surface area contributed by atoms with Gasteiger partial charge < -0.3 is 10.1 Å². The van der Waals surface area contributed by atoms with Gasteiger partial charge >= 0.3 is 0 Å². The zero-order valence-electron chi connectivity index (χ0n) is 12.4. The second-order valence-corrected chi connectivity index (χ2v) is 6.10. The fraction of sp³-hybridized carbons (Fsp3) is 0.733. The Morgan fingerprint density at radius 2 is 2.00 bits per heavy atom. The molecule has 2 heterocycles. The zero-order valence-corrected chi connectivity index (χ0v) is 12.4. The van der Waals surface area contributed by atoms with E-state index >= 15 is 0 Å². The molecule has 1 saturated carbocycles. The van der Waals surface area contributed by atoms with Gasteiger partial charge in [0.05, 0.1) is 13.2 Å². The topological polar surface area (TPSA) is 50.3 Å². The van der Waals surface area contributed by atoms with Crippen molar-refractivity contribution in [2.45, 2.75) is 44.7 Å². The minimum absolute atomic E-state index is 0.445. The van der Waals surface area contributed by atoms with Crippen LogP contribution in [0, 0.1) is 0 Å². The van der Waals surface area contributed by atoms with E-state index in [4.69, 9.17) is 4.74 Å². The van der Waals surface area contributed by atoms with Crippen LogP contribution >= 0.6 is 0 Å². The molecule has 1 aromatic heterocycles. The Labute approximate surface area is 120 Å². The molecule has 0 spiro atoms. The number of aromatic nitrogens is 2. The monoisotopic (exact) mass is 276 g/mol. The van der Waals surface area contributed by atoms with Crippen molar-refractivity contribution < 1.29 is 4.74 Å². The molecule has 0 radical (unpaired) electrons. The molecule has 2 aliphatic rings. The van der Waals surface area contributed by atoms with Crippen LogP contribution in [0.15, 0.2) is 12.4 Å². The van der Waals surface area contributed by atoms with E-state index in [1.165, 1.54) is 12.8 Å². The largest absolute Gasteiger partial charge is 0.379 e. The van der Waals surface area contributed by atoms with Crippen LogP contribution in [0.2, 0.25) is 0 Å². The average Bonchev–Trinajstić information content (AvgIpc) is 2.43. The van der Waals surface area contributed by atoms with Crippen molar-refractivity contribution in [3.63, 3.8) is 0 Å². The molecule has 0 atom stereocenters. The van der Waals surface area contributed by atoms with Gasteiger partial charge in [0.2, 0.25) is 0 Å². The zero-order chi connectivity index (χ0) is 13.9. The van der Waals surface area contributed by atoms with Crippen molar-refractivity contribution in [2.24, 2.45) is 0 Å². The number of hydrogen-bond donors (Lipinski definition) is 1. The molecule has 1 aliphatic heterocycles. The van der Waals surface area contributed by atoms with E-state index in [2.05, 4.69) is 40.1 Å². The van der Waals surface area contributed by atoms with Crippen LogP contribution in [0.5, 0.6) is 0 Å². The lowest BCUT2D eigenvalue weighted by atomic mass is 9.85. The number of hydrogen-bond acceptors (Lipinski definition) is 5. The van der Waals surface area contributed by atoms with Gasteiger partial charge in [-0.2, -0.15) is 0 Å². The number of nitrogens with one attached hydrogen (secondary N) is 1. The summed E-state index contributed by atoms with van der Waals surface area (Å²) in [6.07, 6.45) is 4.08. The maximum absolute atomic E-state index is 5.40. The first-order valence-electron chi connectivity index (χ1n) is 7.62. The molecule has 2 fully saturated rings. The van der Waals surface area contributed by atoms with Gasteiger partial charge in [0.15, 0.2) is 0 Å². The number of nitrogens with zero attached hydrogens (tertiary/aromatic N) is 3. The van der Waals surface area contributed by atoms with Crippen molar-refractivity contribution >= 4 is 5.82 Å². The Hall–Kier alpha value is -1.20. The maximum atomic E-state index is 5.40. The van der Waals surface area contributed by atoms with E-state index in [9.17, 15) is 0 Å². The lowest BCUT2D eigenvalue weighted by Crippen LogP contribution is -2.53. The van der Waals surface area contributed by atoms with Crippen LogP contribution in [0.25, 0.3) is 0 Å². The van der Waals surface area contributed by atoms with Gasteiger partial charge in [-0.05, 0) is 18.8 Å². The van der Waals surface area contributed by atoms with E-state index in [0.717, 1.165) is 43.9 Å². The number of morpholine rings is 1. The lowest BCUT2D eigenvalue weighted by Gasteiger charge is -2.44. The Morgan fingerprint density at radius 1 is 1.25 bits per heavy atom. The van der Waals surface area contributed by atoms with Gasteiger partial charge in [0.1, 0.15) is 12.1 Å². The second kappa shape index (κ2) is 6.06. The number of ether oxygens (including phenoxy) is 1. The molecule has 0 aromatic carbocycles. The summed E-state index contributed by atoms with van der Waals surface area (Å²) in [6.45, 7) is 8.26. The third kappa shape index (κ3) is 3.10. The third-order valence-electron chi connectivity index (χ3n) is 4.31. The molecule has 0 bridgehead atoms. The highest BCUT2D eigenvalue weighted by molar-refractivity contribution is 5.37. The SMILES string of the molecule is CC(C)c1cc(N[C@H]2C[C@@H](N3CCOCC3)C2)ncn1. The van der Waals surface area contributed by atoms with Gasteiger partial charge in [-0.1, -0.05) is 13.8 Å². The predicted octanol–water partition coefficient (Wildman–Crippen LogP) is 1.88. The first-order valence-corrected chi connectivity index (χ1v) is 7.62. The van der Waals surface area contributed by atoms with Crippen LogP contribution < -0.4 is 5.32 Å². The van der Waals surface area contributed by atoms with E-state index in [0.29, 0.717) is 12.0 Å². The highest BCUT2D eigenvalue weighted by atomic mass is 16.5. The maximum Gasteiger partial charge on any atom is 0.129 e. The fourth-order valence-corrected chi connectivity index (χ4v) is 2.92. The van der Waals surface area contributed by atoms with Crippen molar-refractivity contribution in [3.05, 3.63) is 18.1 Å². The molecule has 0 amide bonds. The van der Waals surface area contributed by atoms with Gasteiger partial charge in [-0.15, -0.1) is 0 Å². The molecule has 5 nitrogen and oxygen atoms in total. The van der Waals surface area contributed by atoms with Crippen LogP contribution in [0.3, 0.4) is 0 Å². The van der Waals surface area contributed by atoms with Crippen molar-refractivity contribution in [2.75, 3.05) is 31.6 Å². The summed E-state index contributed by atoms with van der Waals surface area (Å²) >= 11 is 0. The van der Waals surface area contributed by atoms with E-state index in [1.807, 2.05) is 0 Å². The Balaban J connectivity index is 1.49.